The Bertz CT molecular complexity index is 3620. The van der Waals surface area contributed by atoms with Gasteiger partial charge in [0, 0.05) is 38.6 Å². The number of rotatable bonds is 6. The van der Waals surface area contributed by atoms with Gasteiger partial charge in [-0.15, -0.1) is 5.46 Å². The first-order chi connectivity index (χ1) is 30.7. The van der Waals surface area contributed by atoms with Gasteiger partial charge in [0.2, 0.25) is 0 Å². The van der Waals surface area contributed by atoms with Gasteiger partial charge in [0.1, 0.15) is 54.9 Å². The number of fused-ring (bicyclic) bond motifs is 6. The smallest absolute Gasteiger partial charge is 0.141 e. The fourth-order valence-corrected chi connectivity index (χ4v) is 10.6. The fraction of sp³-hybridized carbons (Fsp3) is 0. The summed E-state index contributed by atoms with van der Waals surface area (Å²) >= 11 is 0. The largest absolute Gasteiger partial charge is 0.310 e. The van der Waals surface area contributed by atoms with E-state index in [-0.39, 0.29) is 0 Å². The normalized spacial score (nSPS) is 11.6. The molecule has 0 atom stereocenters. The minimum atomic E-state index is 1.15. The Morgan fingerprint density at radius 1 is 0.270 bits per heavy atom. The maximum Gasteiger partial charge on any atom is 0.141 e. The second-order valence-electron chi connectivity index (χ2n) is 17.5. The quantitative estimate of drug-likeness (QED) is 0.229. The monoisotopic (exact) mass is 796 g/mol. The van der Waals surface area contributed by atoms with Crippen LogP contribution in [0.3, 0.4) is 0 Å². The summed E-state index contributed by atoms with van der Waals surface area (Å²) in [6.45, 7) is 0. The molecule has 2 heterocycles. The predicted molar refractivity (Wildman–Crippen MR) is 294 cm³/mol. The van der Waals surface area contributed by atoms with E-state index in [1.54, 1.807) is 0 Å². The molecule has 11 aromatic rings. The van der Waals surface area contributed by atoms with Gasteiger partial charge in [-0.3, -0.25) is 0 Å². The summed E-state index contributed by atoms with van der Waals surface area (Å²) < 4.78 is 5.02. The lowest BCUT2D eigenvalue weighted by Crippen LogP contribution is -2.48. The molecule has 0 fully saturated rings. The van der Waals surface area contributed by atoms with Crippen molar-refractivity contribution in [2.75, 3.05) is 0 Å². The van der Waals surface area contributed by atoms with Crippen molar-refractivity contribution in [1.29, 1.82) is 0 Å². The Kier molecular flexibility index (Phi) is 9.35. The molecule has 0 aliphatic carbocycles. The van der Waals surface area contributed by atoms with Crippen molar-refractivity contribution in [1.82, 2.24) is 9.13 Å². The zero-order chi connectivity index (χ0) is 43.1. The van der Waals surface area contributed by atoms with Crippen molar-refractivity contribution < 1.29 is 0 Å². The summed E-state index contributed by atoms with van der Waals surface area (Å²) in [6, 6.07) is 64.5. The standard InChI is InChI=1S/C54H43B7N2/c55-46-43(47(56)51(60)53-44(46)45-48(57)49(58)50(59)52(61)54(45)63(53)37-23-19-33(20-24-37)30-11-4-1-5-12-30)36-22-26-42-40(29-36)39-28-35(32-15-8-3-9-16-32)21-25-41(39)62(42)38-18-10-17-34(27-38)31-13-6-2-7-14-31/h1-29H,55-61H2. The second-order valence-corrected chi connectivity index (χ2v) is 17.5. The zero-order valence-corrected chi connectivity index (χ0v) is 37.1. The zero-order valence-electron chi connectivity index (χ0n) is 37.1. The van der Waals surface area contributed by atoms with Crippen molar-refractivity contribution in [3.63, 3.8) is 0 Å². The lowest BCUT2D eigenvalue weighted by molar-refractivity contribution is 1.18. The number of hydrogen-bond donors (Lipinski definition) is 0. The molecule has 0 aliphatic heterocycles. The average molecular weight is 796 g/mol. The fourth-order valence-electron chi connectivity index (χ4n) is 10.6. The summed E-state index contributed by atoms with van der Waals surface area (Å²) in [7, 11) is 16.3. The van der Waals surface area contributed by atoms with Crippen LogP contribution in [0.4, 0.5) is 0 Å². The number of aromatic nitrogens is 2. The van der Waals surface area contributed by atoms with Gasteiger partial charge in [0.05, 0.1) is 11.0 Å². The molecule has 0 radical (unpaired) electrons. The van der Waals surface area contributed by atoms with E-state index in [0.29, 0.717) is 0 Å². The van der Waals surface area contributed by atoms with Gasteiger partial charge in [-0.1, -0.05) is 160 Å². The van der Waals surface area contributed by atoms with Crippen LogP contribution in [0.1, 0.15) is 0 Å². The first-order valence-corrected chi connectivity index (χ1v) is 22.2. The van der Waals surface area contributed by atoms with Gasteiger partial charge in [0.25, 0.3) is 0 Å². The van der Waals surface area contributed by atoms with Gasteiger partial charge < -0.3 is 9.13 Å². The van der Waals surface area contributed by atoms with E-state index in [9.17, 15) is 0 Å². The van der Waals surface area contributed by atoms with E-state index in [0.717, 1.165) is 5.69 Å². The molecule has 0 bridgehead atoms. The summed E-state index contributed by atoms with van der Waals surface area (Å²) in [5, 5.41) is 5.22. The molecular formula is C54H43B7N2. The number of nitrogens with zero attached hydrogens (tertiary/aromatic N) is 2. The van der Waals surface area contributed by atoms with Crippen molar-refractivity contribution in [2.45, 2.75) is 0 Å². The second kappa shape index (κ2) is 15.1. The predicted octanol–water partition coefficient (Wildman–Crippen LogP) is 2.36. The van der Waals surface area contributed by atoms with Crippen LogP contribution < -0.4 is 38.2 Å². The van der Waals surface area contributed by atoms with Crippen LogP contribution >= 0.6 is 0 Å². The highest BCUT2D eigenvalue weighted by Gasteiger charge is 2.25. The Labute approximate surface area is 375 Å². The van der Waals surface area contributed by atoms with Crippen LogP contribution in [-0.4, -0.2) is 64.1 Å². The van der Waals surface area contributed by atoms with Crippen LogP contribution in [0, 0.1) is 0 Å². The van der Waals surface area contributed by atoms with Crippen LogP contribution in [0.2, 0.25) is 0 Å². The third-order valence-electron chi connectivity index (χ3n) is 14.2. The van der Waals surface area contributed by atoms with Gasteiger partial charge in [-0.2, -0.15) is 0 Å². The summed E-state index contributed by atoms with van der Waals surface area (Å²) in [5.74, 6) is 0. The van der Waals surface area contributed by atoms with Crippen molar-refractivity contribution in [3.8, 4) is 55.9 Å². The molecule has 0 N–H and O–H groups in total. The molecule has 9 heteroatoms. The highest BCUT2D eigenvalue weighted by Crippen LogP contribution is 2.38. The minimum Gasteiger partial charge on any atom is -0.310 e. The molecule has 63 heavy (non-hydrogen) atoms. The van der Waals surface area contributed by atoms with Crippen molar-refractivity contribution in [2.24, 2.45) is 0 Å². The van der Waals surface area contributed by atoms with Crippen molar-refractivity contribution >= 4 is 137 Å². The molecule has 2 nitrogen and oxygen atoms in total. The Morgan fingerprint density at radius 2 is 0.698 bits per heavy atom. The Balaban J connectivity index is 1.17. The topological polar surface area (TPSA) is 9.86 Å². The summed E-state index contributed by atoms with van der Waals surface area (Å²) in [5.41, 5.74) is 26.6. The van der Waals surface area contributed by atoms with Crippen LogP contribution in [0.15, 0.2) is 176 Å². The highest BCUT2D eigenvalue weighted by molar-refractivity contribution is 6.69. The number of hydrogen-bond acceptors (Lipinski definition) is 0. The first kappa shape index (κ1) is 38.9. The lowest BCUT2D eigenvalue weighted by atomic mass is 9.64. The van der Waals surface area contributed by atoms with E-state index in [1.807, 2.05) is 0 Å². The lowest BCUT2D eigenvalue weighted by Gasteiger charge is -2.19. The molecular weight excluding hydrogens is 752 g/mol. The van der Waals surface area contributed by atoms with Crippen LogP contribution in [-0.2, 0) is 0 Å². The maximum atomic E-state index is 2.57. The van der Waals surface area contributed by atoms with E-state index < -0.39 is 0 Å². The molecule has 0 saturated heterocycles. The molecule has 0 saturated carbocycles. The average Bonchev–Trinajstić information content (AvgIpc) is 3.87. The highest BCUT2D eigenvalue weighted by atomic mass is 15.0. The van der Waals surface area contributed by atoms with E-state index in [1.165, 1.54) is 132 Å². The molecule has 0 aliphatic rings. The van der Waals surface area contributed by atoms with Crippen LogP contribution in [0.5, 0.6) is 0 Å². The first-order valence-electron chi connectivity index (χ1n) is 22.2. The van der Waals surface area contributed by atoms with Crippen LogP contribution in [0.25, 0.3) is 99.5 Å². The minimum absolute atomic E-state index is 1.15. The summed E-state index contributed by atoms with van der Waals surface area (Å²) in [4.78, 5) is 0. The molecule has 2 aromatic heterocycles. The van der Waals surface area contributed by atoms with E-state index in [2.05, 4.69) is 240 Å². The maximum absolute atomic E-state index is 2.57. The molecule has 9 aromatic carbocycles. The van der Waals surface area contributed by atoms with E-state index in [4.69, 9.17) is 0 Å². The third kappa shape index (κ3) is 6.12. The molecule has 11 rings (SSSR count). The SMILES string of the molecule is Bc1c(B)c(B)c2c(c1B)c1c(B)c(-c3ccc4c(c3)c3cc(-c5ccccc5)ccc3n4-c3cccc(-c4ccccc4)c3)c(B)c(B)c1n2-c1ccc(-c2ccccc2)cc1. The van der Waals surface area contributed by atoms with Crippen molar-refractivity contribution in [3.05, 3.63) is 176 Å². The molecule has 0 amide bonds. The summed E-state index contributed by atoms with van der Waals surface area (Å²) in [6.07, 6.45) is 0. The Hall–Kier alpha value is -6.97. The molecule has 0 unspecified atom stereocenters. The van der Waals surface area contributed by atoms with Gasteiger partial charge in [-0.05, 0) is 98.4 Å². The van der Waals surface area contributed by atoms with Gasteiger partial charge in [0.15, 0.2) is 0 Å². The van der Waals surface area contributed by atoms with Gasteiger partial charge >= 0.3 is 0 Å². The third-order valence-corrected chi connectivity index (χ3v) is 14.2. The molecule has 290 valence electrons. The Morgan fingerprint density at radius 3 is 1.29 bits per heavy atom. The van der Waals surface area contributed by atoms with Gasteiger partial charge in [-0.25, -0.2) is 0 Å². The van der Waals surface area contributed by atoms with E-state index >= 15 is 0 Å². The molecule has 0 spiro atoms. The number of benzene rings is 9.